The van der Waals surface area contributed by atoms with Crippen LogP contribution >= 0.6 is 34.2 Å². The van der Waals surface area contributed by atoms with E-state index in [0.717, 1.165) is 3.57 Å². The van der Waals surface area contributed by atoms with Gasteiger partial charge in [-0.3, -0.25) is 4.79 Å². The minimum absolute atomic E-state index is 0.0583. The van der Waals surface area contributed by atoms with E-state index in [1.54, 1.807) is 24.1 Å². The molecule has 0 radical (unpaired) electrons. The maximum atomic E-state index is 12.5. The number of halogens is 2. The highest BCUT2D eigenvalue weighted by Gasteiger charge is 2.25. The highest BCUT2D eigenvalue weighted by Crippen LogP contribution is 2.29. The molecule has 4 nitrogen and oxygen atoms in total. The summed E-state index contributed by atoms with van der Waals surface area (Å²) < 4.78 is 11.6. The summed E-state index contributed by atoms with van der Waals surface area (Å²) in [5.41, 5.74) is 0.502. The molecule has 0 spiro atoms. The third kappa shape index (κ3) is 3.32. The molecule has 1 fully saturated rings. The van der Waals surface area contributed by atoms with E-state index in [4.69, 9.17) is 21.1 Å². The first-order chi connectivity index (χ1) is 9.02. The zero-order chi connectivity index (χ0) is 14.0. The van der Waals surface area contributed by atoms with Crippen molar-refractivity contribution in [2.45, 2.75) is 13.0 Å². The lowest BCUT2D eigenvalue weighted by atomic mass is 10.1. The Kier molecular flexibility index (Phi) is 4.92. The molecule has 1 aromatic rings. The number of hydrogen-bond donors (Lipinski definition) is 0. The van der Waals surface area contributed by atoms with Gasteiger partial charge >= 0.3 is 0 Å². The first-order valence-electron chi connectivity index (χ1n) is 5.97. The van der Waals surface area contributed by atoms with Gasteiger partial charge < -0.3 is 14.4 Å². The fourth-order valence-corrected chi connectivity index (χ4v) is 2.64. The quantitative estimate of drug-likeness (QED) is 0.723. The number of carbonyl (C=O) groups is 1. The van der Waals surface area contributed by atoms with Gasteiger partial charge in [-0.05, 0) is 41.6 Å². The molecule has 0 saturated carbocycles. The maximum Gasteiger partial charge on any atom is 0.257 e. The second kappa shape index (κ2) is 6.28. The molecule has 6 heteroatoms. The Labute approximate surface area is 131 Å². The summed E-state index contributed by atoms with van der Waals surface area (Å²) in [6.07, 6.45) is 0.0583. The number of rotatable bonds is 2. The van der Waals surface area contributed by atoms with Crippen LogP contribution in [0.25, 0.3) is 0 Å². The molecule has 1 amide bonds. The van der Waals surface area contributed by atoms with E-state index < -0.39 is 0 Å². The Morgan fingerprint density at radius 1 is 1.58 bits per heavy atom. The van der Waals surface area contributed by atoms with Gasteiger partial charge in [0.2, 0.25) is 0 Å². The number of hydrogen-bond acceptors (Lipinski definition) is 3. The molecule has 104 valence electrons. The Hall–Kier alpha value is -0.530. The summed E-state index contributed by atoms with van der Waals surface area (Å²) in [5, 5.41) is 0.561. The molecule has 0 aliphatic carbocycles. The van der Waals surface area contributed by atoms with Gasteiger partial charge in [-0.25, -0.2) is 0 Å². The van der Waals surface area contributed by atoms with Crippen molar-refractivity contribution in [2.75, 3.05) is 26.8 Å². The second-order valence-electron chi connectivity index (χ2n) is 4.40. The van der Waals surface area contributed by atoms with Crippen LogP contribution in [-0.2, 0) is 4.74 Å². The molecule has 1 atom stereocenters. The van der Waals surface area contributed by atoms with Crippen LogP contribution in [-0.4, -0.2) is 43.7 Å². The summed E-state index contributed by atoms with van der Waals surface area (Å²) >= 11 is 8.21. The van der Waals surface area contributed by atoms with Gasteiger partial charge in [0, 0.05) is 16.7 Å². The van der Waals surface area contributed by atoms with Crippen molar-refractivity contribution in [1.29, 1.82) is 0 Å². The van der Waals surface area contributed by atoms with Gasteiger partial charge in [0.1, 0.15) is 5.75 Å². The van der Waals surface area contributed by atoms with E-state index >= 15 is 0 Å². The van der Waals surface area contributed by atoms with Crippen LogP contribution in [0.4, 0.5) is 0 Å². The Morgan fingerprint density at radius 2 is 2.32 bits per heavy atom. The van der Waals surface area contributed by atoms with Crippen LogP contribution in [0.2, 0.25) is 5.02 Å². The van der Waals surface area contributed by atoms with E-state index in [0.29, 0.717) is 36.0 Å². The van der Waals surface area contributed by atoms with Gasteiger partial charge in [0.25, 0.3) is 5.91 Å². The average Bonchev–Trinajstić information content (AvgIpc) is 2.40. The molecule has 1 saturated heterocycles. The summed E-state index contributed by atoms with van der Waals surface area (Å²) in [4.78, 5) is 14.3. The standard InChI is InChI=1S/C13H15ClINO3/c1-8-7-16(3-4-19-8)13(17)9-5-10(14)11(15)6-12(9)18-2/h5-6,8H,3-4,7H2,1-2H3. The largest absolute Gasteiger partial charge is 0.496 e. The molecule has 0 N–H and O–H groups in total. The monoisotopic (exact) mass is 395 g/mol. The molecule has 1 aliphatic heterocycles. The first-order valence-corrected chi connectivity index (χ1v) is 7.42. The number of amides is 1. The number of benzene rings is 1. The van der Waals surface area contributed by atoms with Gasteiger partial charge in [-0.1, -0.05) is 11.6 Å². The Balaban J connectivity index is 2.30. The minimum atomic E-state index is -0.0645. The third-order valence-corrected chi connectivity index (χ3v) is 4.53. The van der Waals surface area contributed by atoms with Crippen LogP contribution in [0.1, 0.15) is 17.3 Å². The van der Waals surface area contributed by atoms with Crippen molar-refractivity contribution in [2.24, 2.45) is 0 Å². The van der Waals surface area contributed by atoms with Gasteiger partial charge in [0.15, 0.2) is 0 Å². The predicted octanol–water partition coefficient (Wildman–Crippen LogP) is 2.81. The fourth-order valence-electron chi connectivity index (χ4n) is 2.04. The molecule has 1 aromatic carbocycles. The topological polar surface area (TPSA) is 38.8 Å². The Bertz CT molecular complexity index is 495. The maximum absolute atomic E-state index is 12.5. The SMILES string of the molecule is COc1cc(I)c(Cl)cc1C(=O)N1CCOC(C)C1. The summed E-state index contributed by atoms with van der Waals surface area (Å²) in [6, 6.07) is 3.45. The van der Waals surface area contributed by atoms with Crippen molar-refractivity contribution < 1.29 is 14.3 Å². The zero-order valence-electron chi connectivity index (χ0n) is 10.8. The molecule has 2 rings (SSSR count). The molecule has 1 unspecified atom stereocenters. The lowest BCUT2D eigenvalue weighted by Crippen LogP contribution is -2.44. The van der Waals surface area contributed by atoms with Crippen LogP contribution in [0, 0.1) is 3.57 Å². The van der Waals surface area contributed by atoms with Crippen molar-refractivity contribution in [3.63, 3.8) is 0 Å². The van der Waals surface area contributed by atoms with E-state index in [1.807, 2.05) is 6.92 Å². The average molecular weight is 396 g/mol. The van der Waals surface area contributed by atoms with Crippen LogP contribution in [0.3, 0.4) is 0 Å². The van der Waals surface area contributed by atoms with Crippen LogP contribution < -0.4 is 4.74 Å². The smallest absolute Gasteiger partial charge is 0.257 e. The molecule has 19 heavy (non-hydrogen) atoms. The number of morpholine rings is 1. The number of nitrogens with zero attached hydrogens (tertiary/aromatic N) is 1. The van der Waals surface area contributed by atoms with Crippen LogP contribution in [0.5, 0.6) is 5.75 Å². The predicted molar refractivity (Wildman–Crippen MR) is 82.0 cm³/mol. The molecule has 0 aromatic heterocycles. The molecule has 0 bridgehead atoms. The lowest BCUT2D eigenvalue weighted by molar-refractivity contribution is -0.0125. The Morgan fingerprint density at radius 3 is 2.95 bits per heavy atom. The van der Waals surface area contributed by atoms with E-state index in [-0.39, 0.29) is 12.0 Å². The number of carbonyl (C=O) groups excluding carboxylic acids is 1. The third-order valence-electron chi connectivity index (χ3n) is 3.00. The normalized spacial score (nSPS) is 19.4. The minimum Gasteiger partial charge on any atom is -0.496 e. The van der Waals surface area contributed by atoms with Gasteiger partial charge in [0.05, 0.1) is 30.4 Å². The van der Waals surface area contributed by atoms with E-state index in [2.05, 4.69) is 22.6 Å². The number of ether oxygens (including phenoxy) is 2. The van der Waals surface area contributed by atoms with Crippen molar-refractivity contribution in [3.8, 4) is 5.75 Å². The summed E-state index contributed by atoms with van der Waals surface area (Å²) in [5.74, 6) is 0.489. The molecular formula is C13H15ClINO3. The second-order valence-corrected chi connectivity index (χ2v) is 5.97. The zero-order valence-corrected chi connectivity index (χ0v) is 13.7. The van der Waals surface area contributed by atoms with E-state index in [1.165, 1.54) is 0 Å². The molecule has 1 aliphatic rings. The fraction of sp³-hybridized carbons (Fsp3) is 0.462. The van der Waals surface area contributed by atoms with Gasteiger partial charge in [-0.15, -0.1) is 0 Å². The van der Waals surface area contributed by atoms with Gasteiger partial charge in [-0.2, -0.15) is 0 Å². The summed E-state index contributed by atoms with van der Waals surface area (Å²) in [7, 11) is 1.55. The van der Waals surface area contributed by atoms with Crippen molar-refractivity contribution in [3.05, 3.63) is 26.3 Å². The number of methoxy groups -OCH3 is 1. The lowest BCUT2D eigenvalue weighted by Gasteiger charge is -2.31. The molecule has 1 heterocycles. The highest BCUT2D eigenvalue weighted by atomic mass is 127. The summed E-state index contributed by atoms with van der Waals surface area (Å²) in [6.45, 7) is 3.70. The first kappa shape index (κ1) is 14.9. The van der Waals surface area contributed by atoms with Crippen LogP contribution in [0.15, 0.2) is 12.1 Å². The van der Waals surface area contributed by atoms with E-state index in [9.17, 15) is 4.79 Å². The van der Waals surface area contributed by atoms with Crippen molar-refractivity contribution in [1.82, 2.24) is 4.90 Å². The highest BCUT2D eigenvalue weighted by molar-refractivity contribution is 14.1. The van der Waals surface area contributed by atoms with Crippen molar-refractivity contribution >= 4 is 40.1 Å². The molecular weight excluding hydrogens is 381 g/mol.